The van der Waals surface area contributed by atoms with E-state index in [2.05, 4.69) is 15.5 Å². The summed E-state index contributed by atoms with van der Waals surface area (Å²) in [4.78, 5) is 27.4. The molecule has 0 aromatic carbocycles. The van der Waals surface area contributed by atoms with Crippen LogP contribution in [-0.4, -0.2) is 32.9 Å². The molecule has 2 heterocycles. The number of carbonyl (C=O) groups is 2. The Morgan fingerprint density at radius 2 is 2.24 bits per heavy atom. The molecule has 7 nitrogen and oxygen atoms in total. The van der Waals surface area contributed by atoms with Gasteiger partial charge in [0.2, 0.25) is 11.8 Å². The molecule has 9 heteroatoms. The van der Waals surface area contributed by atoms with E-state index in [4.69, 9.17) is 9.63 Å². The predicted octanol–water partition coefficient (Wildman–Crippen LogP) is 2.11. The van der Waals surface area contributed by atoms with Crippen LogP contribution in [-0.2, 0) is 16.0 Å². The van der Waals surface area contributed by atoms with Crippen molar-refractivity contribution in [3.63, 3.8) is 0 Å². The van der Waals surface area contributed by atoms with Crippen LogP contribution < -0.4 is 5.32 Å². The highest BCUT2D eigenvalue weighted by Gasteiger charge is 2.13. The van der Waals surface area contributed by atoms with Crippen LogP contribution in [0.1, 0.15) is 16.3 Å². The van der Waals surface area contributed by atoms with Gasteiger partial charge in [-0.25, -0.2) is 4.98 Å². The minimum atomic E-state index is -0.892. The van der Waals surface area contributed by atoms with Gasteiger partial charge in [0.25, 0.3) is 0 Å². The first-order chi connectivity index (χ1) is 9.94. The third-order valence-electron chi connectivity index (χ3n) is 2.40. The minimum Gasteiger partial charge on any atom is -0.481 e. The highest BCUT2D eigenvalue weighted by molar-refractivity contribution is 8.01. The van der Waals surface area contributed by atoms with E-state index in [0.717, 1.165) is 0 Å². The molecule has 0 radical (unpaired) electrons. The topological polar surface area (TPSA) is 105 Å². The van der Waals surface area contributed by atoms with Gasteiger partial charge >= 0.3 is 5.97 Å². The Labute approximate surface area is 128 Å². The smallest absolute Gasteiger partial charge is 0.308 e. The largest absolute Gasteiger partial charge is 0.481 e. The zero-order chi connectivity index (χ0) is 15.4. The van der Waals surface area contributed by atoms with Crippen molar-refractivity contribution >= 4 is 40.9 Å². The first-order valence-electron chi connectivity index (χ1n) is 5.98. The van der Waals surface area contributed by atoms with Crippen molar-refractivity contribution in [2.45, 2.75) is 24.6 Å². The van der Waals surface area contributed by atoms with E-state index < -0.39 is 5.97 Å². The number of anilines is 1. The number of aliphatic carboxylic acids is 1. The number of rotatable bonds is 6. The quantitative estimate of drug-likeness (QED) is 0.783. The molecule has 2 aromatic heterocycles. The van der Waals surface area contributed by atoms with E-state index in [-0.39, 0.29) is 18.1 Å². The number of carboxylic acids is 1. The maximum absolute atomic E-state index is 11.7. The molecule has 2 N–H and O–H groups in total. The van der Waals surface area contributed by atoms with Crippen molar-refractivity contribution in [1.29, 1.82) is 0 Å². The second-order valence-corrected chi connectivity index (χ2v) is 6.53. The molecule has 0 unspecified atom stereocenters. The van der Waals surface area contributed by atoms with Crippen LogP contribution in [0.15, 0.2) is 14.9 Å². The molecule has 0 aliphatic heterocycles. The van der Waals surface area contributed by atoms with Crippen molar-refractivity contribution in [1.82, 2.24) is 10.1 Å². The Hall–Kier alpha value is -1.87. The van der Waals surface area contributed by atoms with Crippen molar-refractivity contribution in [2.75, 3.05) is 11.1 Å². The summed E-state index contributed by atoms with van der Waals surface area (Å²) in [5.41, 5.74) is 1.38. The van der Waals surface area contributed by atoms with Crippen LogP contribution in [0.4, 0.5) is 5.88 Å². The molecule has 112 valence electrons. The summed E-state index contributed by atoms with van der Waals surface area (Å²) in [5, 5.41) is 15.0. The third kappa shape index (κ3) is 4.57. The fraction of sp³-hybridized carbons (Fsp3) is 0.333. The van der Waals surface area contributed by atoms with Crippen molar-refractivity contribution in [2.24, 2.45) is 0 Å². The van der Waals surface area contributed by atoms with Crippen molar-refractivity contribution in [3.05, 3.63) is 22.3 Å². The van der Waals surface area contributed by atoms with Gasteiger partial charge in [-0.05, 0) is 13.8 Å². The molecule has 0 aliphatic carbocycles. The normalized spacial score (nSPS) is 10.6. The summed E-state index contributed by atoms with van der Waals surface area (Å²) in [6, 6.07) is 1.63. The SMILES string of the molecule is Cc1cc(NC(=O)CSc2nc(C)c(CC(=O)O)s2)on1. The lowest BCUT2D eigenvalue weighted by atomic mass is 10.3. The van der Waals surface area contributed by atoms with Crippen LogP contribution in [0.3, 0.4) is 0 Å². The number of hydrogen-bond acceptors (Lipinski definition) is 7. The zero-order valence-electron chi connectivity index (χ0n) is 11.4. The van der Waals surface area contributed by atoms with Crippen LogP contribution >= 0.6 is 23.1 Å². The minimum absolute atomic E-state index is 0.0480. The van der Waals surface area contributed by atoms with E-state index in [1.807, 2.05) is 0 Å². The summed E-state index contributed by atoms with van der Waals surface area (Å²) in [6.07, 6.45) is -0.0480. The van der Waals surface area contributed by atoms with E-state index >= 15 is 0 Å². The van der Waals surface area contributed by atoms with E-state index in [0.29, 0.717) is 26.5 Å². The van der Waals surface area contributed by atoms with Crippen LogP contribution in [0, 0.1) is 13.8 Å². The van der Waals surface area contributed by atoms with Gasteiger partial charge in [-0.1, -0.05) is 16.9 Å². The number of thioether (sulfide) groups is 1. The molecule has 0 saturated carbocycles. The molecule has 21 heavy (non-hydrogen) atoms. The molecule has 0 atom stereocenters. The summed E-state index contributed by atoms with van der Waals surface area (Å²) in [5.74, 6) is -0.653. The van der Waals surface area contributed by atoms with Crippen molar-refractivity contribution in [3.8, 4) is 0 Å². The van der Waals surface area contributed by atoms with Crippen LogP contribution in [0.2, 0.25) is 0 Å². The Bertz CT molecular complexity index is 665. The van der Waals surface area contributed by atoms with Gasteiger partial charge in [0, 0.05) is 10.9 Å². The molecule has 0 fully saturated rings. The lowest BCUT2D eigenvalue weighted by molar-refractivity contribution is -0.136. The summed E-state index contributed by atoms with van der Waals surface area (Å²) in [7, 11) is 0. The first kappa shape index (κ1) is 15.5. The fourth-order valence-electron chi connectivity index (χ4n) is 1.49. The number of aryl methyl sites for hydroxylation is 2. The number of thiazole rings is 1. The second-order valence-electron chi connectivity index (χ2n) is 4.23. The van der Waals surface area contributed by atoms with Gasteiger partial charge in [0.1, 0.15) is 0 Å². The number of hydrogen-bond donors (Lipinski definition) is 2. The number of amides is 1. The van der Waals surface area contributed by atoms with Crippen LogP contribution in [0.5, 0.6) is 0 Å². The zero-order valence-corrected chi connectivity index (χ0v) is 13.0. The summed E-state index contributed by atoms with van der Waals surface area (Å²) < 4.78 is 5.56. The van der Waals surface area contributed by atoms with Crippen molar-refractivity contribution < 1.29 is 19.2 Å². The van der Waals surface area contributed by atoms with Crippen LogP contribution in [0.25, 0.3) is 0 Å². The highest BCUT2D eigenvalue weighted by atomic mass is 32.2. The molecular formula is C12H13N3O4S2. The Kier molecular flexibility index (Phi) is 4.97. The Morgan fingerprint density at radius 1 is 1.48 bits per heavy atom. The fourth-order valence-corrected chi connectivity index (χ4v) is 3.51. The van der Waals surface area contributed by atoms with E-state index in [1.165, 1.54) is 23.1 Å². The number of carboxylic acid groups (broad SMARTS) is 1. The second kappa shape index (κ2) is 6.72. The maximum atomic E-state index is 11.7. The first-order valence-corrected chi connectivity index (χ1v) is 7.78. The molecule has 0 bridgehead atoms. The molecule has 2 rings (SSSR count). The summed E-state index contributed by atoms with van der Waals surface area (Å²) >= 11 is 2.55. The van der Waals surface area contributed by atoms with Gasteiger partial charge in [0.15, 0.2) is 4.34 Å². The number of nitrogens with zero attached hydrogens (tertiary/aromatic N) is 2. The highest BCUT2D eigenvalue weighted by Crippen LogP contribution is 2.27. The third-order valence-corrected chi connectivity index (χ3v) is 4.70. The average molecular weight is 327 g/mol. The van der Waals surface area contributed by atoms with Gasteiger partial charge in [-0.3, -0.25) is 14.9 Å². The Morgan fingerprint density at radius 3 is 2.86 bits per heavy atom. The predicted molar refractivity (Wildman–Crippen MR) is 78.8 cm³/mol. The molecule has 0 aliphatic rings. The van der Waals surface area contributed by atoms with E-state index in [1.54, 1.807) is 19.9 Å². The van der Waals surface area contributed by atoms with Gasteiger partial charge in [-0.15, -0.1) is 11.3 Å². The number of aromatic nitrogens is 2. The molecule has 0 spiro atoms. The maximum Gasteiger partial charge on any atom is 0.308 e. The molecule has 0 saturated heterocycles. The van der Waals surface area contributed by atoms with Gasteiger partial charge < -0.3 is 9.63 Å². The molecular weight excluding hydrogens is 314 g/mol. The average Bonchev–Trinajstić information content (AvgIpc) is 2.94. The van der Waals surface area contributed by atoms with Gasteiger partial charge in [0.05, 0.1) is 23.6 Å². The number of carbonyl (C=O) groups excluding carboxylic acids is 1. The van der Waals surface area contributed by atoms with E-state index in [9.17, 15) is 9.59 Å². The monoisotopic (exact) mass is 327 g/mol. The number of nitrogens with one attached hydrogen (secondary N) is 1. The molecule has 1 amide bonds. The van der Waals surface area contributed by atoms with Gasteiger partial charge in [-0.2, -0.15) is 0 Å². The summed E-state index contributed by atoms with van der Waals surface area (Å²) in [6.45, 7) is 3.52. The Balaban J connectivity index is 1.87. The molecule has 2 aromatic rings. The standard InChI is InChI=1S/C12H13N3O4S2/c1-6-3-10(19-15-6)14-9(16)5-20-12-13-7(2)8(21-12)4-11(17)18/h3H,4-5H2,1-2H3,(H,14,16)(H,17,18). The lowest BCUT2D eigenvalue weighted by Crippen LogP contribution is -2.13. The lowest BCUT2D eigenvalue weighted by Gasteiger charge is -1.98.